The zero-order valence-electron chi connectivity index (χ0n) is 10.0. The minimum absolute atomic E-state index is 0.0614. The van der Waals surface area contributed by atoms with Crippen LogP contribution in [0.4, 0.5) is 5.69 Å². The summed E-state index contributed by atoms with van der Waals surface area (Å²) < 4.78 is 26.8. The largest absolute Gasteiger partial charge is 0.397 e. The van der Waals surface area contributed by atoms with Crippen LogP contribution in [0.3, 0.4) is 0 Å². The third-order valence-electron chi connectivity index (χ3n) is 2.87. The van der Waals surface area contributed by atoms with Crippen molar-refractivity contribution < 1.29 is 13.2 Å². The molecule has 1 heterocycles. The summed E-state index contributed by atoms with van der Waals surface area (Å²) >= 11 is 5.75. The second-order valence-corrected chi connectivity index (χ2v) is 6.47. The molecule has 0 bridgehead atoms. The molecule has 8 heteroatoms. The minimum Gasteiger partial charge on any atom is -0.397 e. The van der Waals surface area contributed by atoms with E-state index >= 15 is 0 Å². The highest BCUT2D eigenvalue weighted by molar-refractivity contribution is 7.89. The number of nitrogen functional groups attached to an aromatic ring is 1. The molecule has 1 atom stereocenters. The van der Waals surface area contributed by atoms with Crippen LogP contribution in [0.1, 0.15) is 12.8 Å². The Balaban J connectivity index is 2.13. The molecule has 4 N–H and O–H groups in total. The van der Waals surface area contributed by atoms with Crippen molar-refractivity contribution in [3.05, 3.63) is 23.2 Å². The molecule has 1 aromatic rings. The average Bonchev–Trinajstić information content (AvgIpc) is 2.35. The number of carbonyl (C=O) groups excluding carboxylic acids is 1. The first-order valence-electron chi connectivity index (χ1n) is 5.72. The topological polar surface area (TPSA) is 101 Å². The van der Waals surface area contributed by atoms with Crippen LogP contribution in [-0.4, -0.2) is 26.9 Å². The first-order valence-corrected chi connectivity index (χ1v) is 7.58. The van der Waals surface area contributed by atoms with Crippen LogP contribution in [0, 0.1) is 0 Å². The third kappa shape index (κ3) is 3.37. The summed E-state index contributed by atoms with van der Waals surface area (Å²) in [6, 6.07) is 3.84. The van der Waals surface area contributed by atoms with Crippen LogP contribution in [0.5, 0.6) is 0 Å². The molecule has 0 spiro atoms. The lowest BCUT2D eigenvalue weighted by atomic mass is 10.1. The van der Waals surface area contributed by atoms with E-state index in [9.17, 15) is 13.2 Å². The van der Waals surface area contributed by atoms with Gasteiger partial charge in [-0.2, -0.15) is 0 Å². The molecular formula is C11H14ClN3O3S. The zero-order chi connectivity index (χ0) is 14.0. The number of hydrogen-bond donors (Lipinski definition) is 3. The molecule has 2 rings (SSSR count). The Morgan fingerprint density at radius 1 is 1.42 bits per heavy atom. The first kappa shape index (κ1) is 14.1. The number of nitrogens with two attached hydrogens (primary N) is 1. The second-order valence-electron chi connectivity index (χ2n) is 4.34. The standard InChI is InChI=1S/C11H14ClN3O3S/c12-9-3-2-8(5-10(9)13)19(17,18)15-7-1-4-11(16)14-6-7/h2-3,5,7,15H,1,4,6,13H2,(H,14,16). The highest BCUT2D eigenvalue weighted by atomic mass is 35.5. The molecule has 0 radical (unpaired) electrons. The fourth-order valence-electron chi connectivity index (χ4n) is 1.81. The number of amides is 1. The summed E-state index contributed by atoms with van der Waals surface area (Å²) in [5, 5.41) is 2.92. The Labute approximate surface area is 116 Å². The van der Waals surface area contributed by atoms with Crippen molar-refractivity contribution in [3.8, 4) is 0 Å². The minimum atomic E-state index is -3.66. The van der Waals surface area contributed by atoms with Gasteiger partial charge in [-0.15, -0.1) is 0 Å². The molecule has 1 unspecified atom stereocenters. The van der Waals surface area contributed by atoms with Crippen molar-refractivity contribution in [2.45, 2.75) is 23.8 Å². The van der Waals surface area contributed by atoms with Crippen molar-refractivity contribution in [2.75, 3.05) is 12.3 Å². The highest BCUT2D eigenvalue weighted by Crippen LogP contribution is 2.22. The summed E-state index contributed by atoms with van der Waals surface area (Å²) in [5.74, 6) is -0.0637. The molecule has 1 aliphatic heterocycles. The van der Waals surface area contributed by atoms with Gasteiger partial charge in [-0.1, -0.05) is 11.6 Å². The Morgan fingerprint density at radius 3 is 2.74 bits per heavy atom. The molecule has 1 aromatic carbocycles. The second kappa shape index (κ2) is 5.36. The number of benzene rings is 1. The molecule has 0 aliphatic carbocycles. The van der Waals surface area contributed by atoms with Crippen molar-refractivity contribution in [1.82, 2.24) is 10.0 Å². The van der Waals surface area contributed by atoms with Crippen LogP contribution in [0.15, 0.2) is 23.1 Å². The normalized spacial score (nSPS) is 20.1. The summed E-state index contributed by atoms with van der Waals surface area (Å²) in [4.78, 5) is 11.1. The van der Waals surface area contributed by atoms with Gasteiger partial charge in [0.1, 0.15) is 0 Å². The molecule has 0 saturated carbocycles. The van der Waals surface area contributed by atoms with Crippen molar-refractivity contribution in [1.29, 1.82) is 0 Å². The number of anilines is 1. The Bertz CT molecular complexity index is 593. The number of piperidine rings is 1. The fourth-order valence-corrected chi connectivity index (χ4v) is 3.23. The quantitative estimate of drug-likeness (QED) is 0.707. The monoisotopic (exact) mass is 303 g/mol. The van der Waals surface area contributed by atoms with Crippen molar-refractivity contribution >= 4 is 33.2 Å². The first-order chi connectivity index (χ1) is 8.88. The van der Waals surface area contributed by atoms with E-state index < -0.39 is 10.0 Å². The van der Waals surface area contributed by atoms with Crippen molar-refractivity contribution in [2.24, 2.45) is 0 Å². The number of rotatable bonds is 3. The maximum absolute atomic E-state index is 12.1. The van der Waals surface area contributed by atoms with E-state index in [1.807, 2.05) is 0 Å². The number of sulfonamides is 1. The van der Waals surface area contributed by atoms with E-state index in [-0.39, 0.29) is 22.5 Å². The lowest BCUT2D eigenvalue weighted by Crippen LogP contribution is -2.47. The maximum atomic E-state index is 12.1. The smallest absolute Gasteiger partial charge is 0.240 e. The third-order valence-corrected chi connectivity index (χ3v) is 4.73. The van der Waals surface area contributed by atoms with E-state index in [0.29, 0.717) is 24.4 Å². The van der Waals surface area contributed by atoms with Crippen molar-refractivity contribution in [3.63, 3.8) is 0 Å². The molecule has 19 heavy (non-hydrogen) atoms. The molecule has 1 saturated heterocycles. The van der Waals surface area contributed by atoms with Crippen LogP contribution < -0.4 is 15.8 Å². The lowest BCUT2D eigenvalue weighted by Gasteiger charge is -2.23. The molecule has 104 valence electrons. The van der Waals surface area contributed by atoms with Gasteiger partial charge in [-0.25, -0.2) is 13.1 Å². The number of carbonyl (C=O) groups is 1. The summed E-state index contributed by atoms with van der Waals surface area (Å²) in [5.41, 5.74) is 5.80. The van der Waals surface area contributed by atoms with Gasteiger partial charge >= 0.3 is 0 Å². The molecule has 1 fully saturated rings. The Morgan fingerprint density at radius 2 is 2.16 bits per heavy atom. The molecule has 1 amide bonds. The van der Waals surface area contributed by atoms with Crippen LogP contribution in [0.25, 0.3) is 0 Å². The van der Waals surface area contributed by atoms with Gasteiger partial charge in [-0.05, 0) is 24.6 Å². The van der Waals surface area contributed by atoms with Crippen LogP contribution in [-0.2, 0) is 14.8 Å². The fraction of sp³-hybridized carbons (Fsp3) is 0.364. The Hall–Kier alpha value is -1.31. The molecule has 0 aromatic heterocycles. The predicted octanol–water partition coefficient (Wildman–Crippen LogP) is 0.479. The van der Waals surface area contributed by atoms with E-state index in [1.165, 1.54) is 18.2 Å². The summed E-state index contributed by atoms with van der Waals surface area (Å²) in [6.07, 6.45) is 0.796. The van der Waals surface area contributed by atoms with Crippen LogP contribution >= 0.6 is 11.6 Å². The number of nitrogens with one attached hydrogen (secondary N) is 2. The number of halogens is 1. The van der Waals surface area contributed by atoms with Gasteiger partial charge in [0.25, 0.3) is 0 Å². The van der Waals surface area contributed by atoms with Gasteiger partial charge < -0.3 is 11.1 Å². The van der Waals surface area contributed by atoms with Gasteiger partial charge in [0.05, 0.1) is 15.6 Å². The Kier molecular flexibility index (Phi) is 3.98. The van der Waals surface area contributed by atoms with Gasteiger partial charge in [0.15, 0.2) is 0 Å². The van der Waals surface area contributed by atoms with Crippen LogP contribution in [0.2, 0.25) is 5.02 Å². The van der Waals surface area contributed by atoms with Gasteiger partial charge in [0.2, 0.25) is 15.9 Å². The van der Waals surface area contributed by atoms with E-state index in [1.54, 1.807) is 0 Å². The summed E-state index contributed by atoms with van der Waals surface area (Å²) in [7, 11) is -3.66. The molecular weight excluding hydrogens is 290 g/mol. The lowest BCUT2D eigenvalue weighted by molar-refractivity contribution is -0.122. The number of hydrogen-bond acceptors (Lipinski definition) is 4. The van der Waals surface area contributed by atoms with E-state index in [4.69, 9.17) is 17.3 Å². The molecule has 1 aliphatic rings. The highest BCUT2D eigenvalue weighted by Gasteiger charge is 2.24. The maximum Gasteiger partial charge on any atom is 0.240 e. The SMILES string of the molecule is Nc1cc(S(=O)(=O)NC2CCC(=O)NC2)ccc1Cl. The van der Waals surface area contributed by atoms with Gasteiger partial charge in [-0.3, -0.25) is 4.79 Å². The molecule has 6 nitrogen and oxygen atoms in total. The predicted molar refractivity (Wildman–Crippen MR) is 72.2 cm³/mol. The zero-order valence-corrected chi connectivity index (χ0v) is 11.6. The van der Waals surface area contributed by atoms with E-state index in [0.717, 1.165) is 0 Å². The average molecular weight is 304 g/mol. The van der Waals surface area contributed by atoms with Gasteiger partial charge in [0, 0.05) is 19.0 Å². The summed E-state index contributed by atoms with van der Waals surface area (Å²) in [6.45, 7) is 0.293. The van der Waals surface area contributed by atoms with E-state index in [2.05, 4.69) is 10.0 Å².